The Bertz CT molecular complexity index is 228. The predicted molar refractivity (Wildman–Crippen MR) is 89.9 cm³/mol. The average Bonchev–Trinajstić information content (AvgIpc) is 2.49. The third-order valence-electron chi connectivity index (χ3n) is 6.36. The maximum absolute atomic E-state index is 2.35. The second-order valence-electron chi connectivity index (χ2n) is 7.85. The Morgan fingerprint density at radius 1 is 0.550 bits per heavy atom. The van der Waals surface area contributed by atoms with Gasteiger partial charge in [0.25, 0.3) is 0 Å². The van der Waals surface area contributed by atoms with Gasteiger partial charge in [0.2, 0.25) is 0 Å². The van der Waals surface area contributed by atoms with Gasteiger partial charge in [-0.15, -0.1) is 0 Å². The minimum Gasteiger partial charge on any atom is -0.0654 e. The number of rotatable bonds is 7. The predicted octanol–water partition coefficient (Wildman–Crippen LogP) is 6.98. The maximum atomic E-state index is 2.35. The highest BCUT2D eigenvalue weighted by atomic mass is 14.4. The average molecular weight is 279 g/mol. The van der Waals surface area contributed by atoms with E-state index < -0.39 is 0 Å². The van der Waals surface area contributed by atoms with Gasteiger partial charge in [-0.3, -0.25) is 0 Å². The van der Waals surface area contributed by atoms with E-state index in [-0.39, 0.29) is 0 Å². The highest BCUT2D eigenvalue weighted by molar-refractivity contribution is 4.82. The molecule has 2 aliphatic carbocycles. The lowest BCUT2D eigenvalue weighted by atomic mass is 9.68. The molecule has 2 aliphatic rings. The summed E-state index contributed by atoms with van der Waals surface area (Å²) >= 11 is 0. The van der Waals surface area contributed by atoms with Crippen LogP contribution in [0.1, 0.15) is 104 Å². The van der Waals surface area contributed by atoms with E-state index in [2.05, 4.69) is 13.8 Å². The van der Waals surface area contributed by atoms with Crippen molar-refractivity contribution in [3.63, 3.8) is 0 Å². The first-order valence-electron chi connectivity index (χ1n) is 9.83. The highest BCUT2D eigenvalue weighted by Crippen LogP contribution is 2.42. The van der Waals surface area contributed by atoms with Crippen molar-refractivity contribution in [2.45, 2.75) is 104 Å². The van der Waals surface area contributed by atoms with Gasteiger partial charge in [0.15, 0.2) is 0 Å². The molecular weight excluding hydrogens is 240 g/mol. The maximum Gasteiger partial charge on any atom is -0.0386 e. The van der Waals surface area contributed by atoms with Gasteiger partial charge in [0, 0.05) is 0 Å². The summed E-state index contributed by atoms with van der Waals surface area (Å²) < 4.78 is 0. The minimum atomic E-state index is 1.08. The molecule has 0 heteroatoms. The van der Waals surface area contributed by atoms with Gasteiger partial charge in [-0.25, -0.2) is 0 Å². The van der Waals surface area contributed by atoms with Crippen molar-refractivity contribution in [1.29, 1.82) is 0 Å². The van der Waals surface area contributed by atoms with E-state index in [1.807, 2.05) is 0 Å². The van der Waals surface area contributed by atoms with Crippen LogP contribution in [-0.2, 0) is 0 Å². The van der Waals surface area contributed by atoms with Crippen LogP contribution in [-0.4, -0.2) is 0 Å². The van der Waals surface area contributed by atoms with Gasteiger partial charge in [0.1, 0.15) is 0 Å². The van der Waals surface area contributed by atoms with Crippen LogP contribution in [0.5, 0.6) is 0 Å². The summed E-state index contributed by atoms with van der Waals surface area (Å²) in [6.07, 6.45) is 21.3. The zero-order valence-corrected chi connectivity index (χ0v) is 14.2. The molecule has 0 aromatic rings. The van der Waals surface area contributed by atoms with E-state index in [4.69, 9.17) is 0 Å². The van der Waals surface area contributed by atoms with Crippen molar-refractivity contribution in [1.82, 2.24) is 0 Å². The van der Waals surface area contributed by atoms with Crippen LogP contribution in [0.25, 0.3) is 0 Å². The molecule has 118 valence electrons. The normalized spacial score (nSPS) is 35.1. The van der Waals surface area contributed by atoms with Crippen molar-refractivity contribution in [2.75, 3.05) is 0 Å². The molecule has 20 heavy (non-hydrogen) atoms. The number of hydrogen-bond acceptors (Lipinski definition) is 0. The first kappa shape index (κ1) is 16.4. The van der Waals surface area contributed by atoms with Crippen LogP contribution in [0.4, 0.5) is 0 Å². The largest absolute Gasteiger partial charge is 0.0654 e. The molecule has 2 saturated carbocycles. The first-order chi connectivity index (χ1) is 9.83. The van der Waals surface area contributed by atoms with Crippen LogP contribution in [0.2, 0.25) is 0 Å². The quantitative estimate of drug-likeness (QED) is 0.441. The standard InChI is InChI=1S/C20H38/c1-3-5-6-8-18-11-15-20(16-12-18)19-13-9-17(7-4-2)10-14-19/h17-20H,3-16H2,1-2H3. The molecule has 0 nitrogen and oxygen atoms in total. The fourth-order valence-corrected chi connectivity index (χ4v) is 4.99. The fraction of sp³-hybridized carbons (Fsp3) is 1.00. The molecule has 0 N–H and O–H groups in total. The molecule has 0 unspecified atom stereocenters. The zero-order valence-electron chi connectivity index (χ0n) is 14.2. The topological polar surface area (TPSA) is 0 Å². The van der Waals surface area contributed by atoms with E-state index >= 15 is 0 Å². The molecule has 0 atom stereocenters. The van der Waals surface area contributed by atoms with Gasteiger partial charge in [-0.05, 0) is 49.4 Å². The molecule has 0 aromatic carbocycles. The third kappa shape index (κ3) is 5.08. The molecule has 0 aliphatic heterocycles. The summed E-state index contributed by atoms with van der Waals surface area (Å²) in [6, 6.07) is 0. The molecule has 0 spiro atoms. The number of hydrogen-bond donors (Lipinski definition) is 0. The van der Waals surface area contributed by atoms with Crippen LogP contribution >= 0.6 is 0 Å². The summed E-state index contributed by atoms with van der Waals surface area (Å²) in [5.41, 5.74) is 0. The number of unbranched alkanes of at least 4 members (excludes halogenated alkanes) is 2. The molecule has 0 bridgehead atoms. The van der Waals surface area contributed by atoms with Crippen LogP contribution in [0.3, 0.4) is 0 Å². The van der Waals surface area contributed by atoms with E-state index in [1.165, 1.54) is 38.5 Å². The van der Waals surface area contributed by atoms with E-state index in [1.54, 1.807) is 51.4 Å². The first-order valence-corrected chi connectivity index (χ1v) is 9.83. The summed E-state index contributed by atoms with van der Waals surface area (Å²) in [4.78, 5) is 0. The Balaban J connectivity index is 1.62. The lowest BCUT2D eigenvalue weighted by Gasteiger charge is -2.38. The molecule has 0 heterocycles. The van der Waals surface area contributed by atoms with Crippen molar-refractivity contribution < 1.29 is 0 Å². The van der Waals surface area contributed by atoms with Gasteiger partial charge in [0.05, 0.1) is 0 Å². The van der Waals surface area contributed by atoms with Gasteiger partial charge < -0.3 is 0 Å². The van der Waals surface area contributed by atoms with Crippen LogP contribution < -0.4 is 0 Å². The van der Waals surface area contributed by atoms with Crippen molar-refractivity contribution in [2.24, 2.45) is 23.7 Å². The Kier molecular flexibility index (Phi) is 7.45. The Morgan fingerprint density at radius 2 is 1.05 bits per heavy atom. The van der Waals surface area contributed by atoms with E-state index in [0.717, 1.165) is 23.7 Å². The van der Waals surface area contributed by atoms with E-state index in [0.29, 0.717) is 0 Å². The smallest absolute Gasteiger partial charge is 0.0386 e. The van der Waals surface area contributed by atoms with Gasteiger partial charge in [-0.2, -0.15) is 0 Å². The van der Waals surface area contributed by atoms with Gasteiger partial charge >= 0.3 is 0 Å². The molecule has 0 amide bonds. The van der Waals surface area contributed by atoms with Crippen LogP contribution in [0.15, 0.2) is 0 Å². The highest BCUT2D eigenvalue weighted by Gasteiger charge is 2.30. The third-order valence-corrected chi connectivity index (χ3v) is 6.36. The zero-order chi connectivity index (χ0) is 14.2. The SMILES string of the molecule is CCCCCC1CCC(C2CCC(CCC)CC2)CC1. The minimum absolute atomic E-state index is 1.08. The Morgan fingerprint density at radius 3 is 1.50 bits per heavy atom. The molecule has 2 rings (SSSR count). The van der Waals surface area contributed by atoms with Gasteiger partial charge in [-0.1, -0.05) is 78.1 Å². The summed E-state index contributed by atoms with van der Waals surface area (Å²) in [5.74, 6) is 4.40. The molecule has 0 saturated heterocycles. The summed E-state index contributed by atoms with van der Waals surface area (Å²) in [7, 11) is 0. The van der Waals surface area contributed by atoms with Crippen molar-refractivity contribution in [3.8, 4) is 0 Å². The van der Waals surface area contributed by atoms with Crippen molar-refractivity contribution in [3.05, 3.63) is 0 Å². The van der Waals surface area contributed by atoms with Crippen molar-refractivity contribution >= 4 is 0 Å². The van der Waals surface area contributed by atoms with Crippen LogP contribution in [0, 0.1) is 23.7 Å². The molecule has 0 aromatic heterocycles. The lowest BCUT2D eigenvalue weighted by Crippen LogP contribution is -2.25. The molecule has 0 radical (unpaired) electrons. The fourth-order valence-electron chi connectivity index (χ4n) is 4.99. The van der Waals surface area contributed by atoms with E-state index in [9.17, 15) is 0 Å². The summed E-state index contributed by atoms with van der Waals surface area (Å²) in [6.45, 7) is 4.68. The molecular formula is C20H38. The Labute approximate surface area is 128 Å². The monoisotopic (exact) mass is 278 g/mol. The second-order valence-corrected chi connectivity index (χ2v) is 7.85. The Hall–Kier alpha value is 0. The second kappa shape index (κ2) is 9.11. The summed E-state index contributed by atoms with van der Waals surface area (Å²) in [5, 5.41) is 0. The molecule has 2 fully saturated rings. The lowest BCUT2D eigenvalue weighted by molar-refractivity contribution is 0.140.